The van der Waals surface area contributed by atoms with Crippen LogP contribution in [0.5, 0.6) is 0 Å². The number of hydrogen-bond acceptors (Lipinski definition) is 3. The van der Waals surface area contributed by atoms with E-state index in [1.54, 1.807) is 11.8 Å². The zero-order valence-electron chi connectivity index (χ0n) is 15.6. The summed E-state index contributed by atoms with van der Waals surface area (Å²) in [6.07, 6.45) is 0.537. The standard InChI is InChI=1S/C19H27N3O3/c1-13(2)11-19(5)17(24)21(18(25)20-19)12-16(23)22(14(3)4)15-9-7-6-8-10-15/h6-10,13-14H,11-12H2,1-5H3,(H,20,25). The van der Waals surface area contributed by atoms with Gasteiger partial charge in [-0.15, -0.1) is 0 Å². The van der Waals surface area contributed by atoms with Gasteiger partial charge in [-0.05, 0) is 45.2 Å². The van der Waals surface area contributed by atoms with Crippen LogP contribution < -0.4 is 10.2 Å². The van der Waals surface area contributed by atoms with Gasteiger partial charge in [-0.25, -0.2) is 4.79 Å². The van der Waals surface area contributed by atoms with Crippen LogP contribution in [0.15, 0.2) is 30.3 Å². The summed E-state index contributed by atoms with van der Waals surface area (Å²) in [5.74, 6) is -0.365. The van der Waals surface area contributed by atoms with Crippen molar-refractivity contribution in [3.05, 3.63) is 30.3 Å². The van der Waals surface area contributed by atoms with Crippen LogP contribution in [0.25, 0.3) is 0 Å². The van der Waals surface area contributed by atoms with Crippen LogP contribution >= 0.6 is 0 Å². The maximum atomic E-state index is 12.8. The van der Waals surface area contributed by atoms with Crippen molar-refractivity contribution in [2.45, 2.75) is 52.6 Å². The molecule has 0 spiro atoms. The number of imide groups is 1. The van der Waals surface area contributed by atoms with E-state index in [0.717, 1.165) is 10.6 Å². The van der Waals surface area contributed by atoms with Crippen LogP contribution in [0.3, 0.4) is 0 Å². The first-order valence-corrected chi connectivity index (χ1v) is 8.67. The van der Waals surface area contributed by atoms with Gasteiger partial charge in [-0.2, -0.15) is 0 Å². The first-order chi connectivity index (χ1) is 11.7. The van der Waals surface area contributed by atoms with E-state index in [4.69, 9.17) is 0 Å². The predicted molar refractivity (Wildman–Crippen MR) is 97.2 cm³/mol. The minimum absolute atomic E-state index is 0.0854. The Morgan fingerprint density at radius 2 is 1.76 bits per heavy atom. The quantitative estimate of drug-likeness (QED) is 0.806. The van der Waals surface area contributed by atoms with Crippen LogP contribution in [0.2, 0.25) is 0 Å². The Bertz CT molecular complexity index is 657. The lowest BCUT2D eigenvalue weighted by atomic mass is 9.91. The molecule has 4 amide bonds. The number of anilines is 1. The number of nitrogens with one attached hydrogen (secondary N) is 1. The number of carbonyl (C=O) groups excluding carboxylic acids is 3. The van der Waals surface area contributed by atoms with Gasteiger partial charge in [0.2, 0.25) is 5.91 Å². The monoisotopic (exact) mass is 345 g/mol. The molecule has 0 radical (unpaired) electrons. The van der Waals surface area contributed by atoms with Gasteiger partial charge in [0.25, 0.3) is 5.91 Å². The number of para-hydroxylation sites is 1. The second-order valence-corrected chi connectivity index (χ2v) is 7.44. The Hall–Kier alpha value is -2.37. The number of hydrogen-bond donors (Lipinski definition) is 1. The molecule has 1 N–H and O–H groups in total. The zero-order chi connectivity index (χ0) is 18.8. The summed E-state index contributed by atoms with van der Waals surface area (Å²) >= 11 is 0. The summed E-state index contributed by atoms with van der Waals surface area (Å²) in [5.41, 5.74) is -0.194. The fourth-order valence-electron chi connectivity index (χ4n) is 3.38. The highest BCUT2D eigenvalue weighted by Crippen LogP contribution is 2.25. The minimum Gasteiger partial charge on any atom is -0.323 e. The van der Waals surface area contributed by atoms with Crippen molar-refractivity contribution >= 4 is 23.5 Å². The van der Waals surface area contributed by atoms with E-state index in [1.165, 1.54) is 0 Å². The number of urea groups is 1. The van der Waals surface area contributed by atoms with Crippen LogP contribution in [-0.2, 0) is 9.59 Å². The van der Waals surface area contributed by atoms with Crippen molar-refractivity contribution in [2.75, 3.05) is 11.4 Å². The molecule has 0 bridgehead atoms. The van der Waals surface area contributed by atoms with E-state index in [0.29, 0.717) is 6.42 Å². The molecule has 1 heterocycles. The average Bonchev–Trinajstić information content (AvgIpc) is 2.70. The fraction of sp³-hybridized carbons (Fsp3) is 0.526. The van der Waals surface area contributed by atoms with Crippen LogP contribution in [0, 0.1) is 5.92 Å². The average molecular weight is 345 g/mol. The Morgan fingerprint density at radius 1 is 1.16 bits per heavy atom. The highest BCUT2D eigenvalue weighted by Gasteiger charge is 2.48. The topological polar surface area (TPSA) is 69.7 Å². The van der Waals surface area contributed by atoms with Gasteiger partial charge in [0, 0.05) is 11.7 Å². The Balaban J connectivity index is 2.19. The van der Waals surface area contributed by atoms with E-state index < -0.39 is 11.6 Å². The van der Waals surface area contributed by atoms with Crippen molar-refractivity contribution in [1.29, 1.82) is 0 Å². The summed E-state index contributed by atoms with van der Waals surface area (Å²) in [4.78, 5) is 40.4. The van der Waals surface area contributed by atoms with Gasteiger partial charge in [0.05, 0.1) is 0 Å². The van der Waals surface area contributed by atoms with Gasteiger partial charge in [0.15, 0.2) is 0 Å². The number of rotatable bonds is 6. The predicted octanol–water partition coefficient (Wildman–Crippen LogP) is 2.78. The van der Waals surface area contributed by atoms with Crippen molar-refractivity contribution < 1.29 is 14.4 Å². The molecule has 1 aliphatic rings. The molecule has 1 aromatic rings. The summed E-state index contributed by atoms with van der Waals surface area (Å²) < 4.78 is 0. The van der Waals surface area contributed by atoms with Crippen LogP contribution in [0.4, 0.5) is 10.5 Å². The second-order valence-electron chi connectivity index (χ2n) is 7.44. The smallest absolute Gasteiger partial charge is 0.323 e. The van der Waals surface area contributed by atoms with E-state index >= 15 is 0 Å². The third-order valence-electron chi connectivity index (χ3n) is 4.27. The van der Waals surface area contributed by atoms with Gasteiger partial charge in [-0.3, -0.25) is 14.5 Å². The third-order valence-corrected chi connectivity index (χ3v) is 4.27. The molecule has 1 aromatic carbocycles. The lowest BCUT2D eigenvalue weighted by molar-refractivity contribution is -0.134. The lowest BCUT2D eigenvalue weighted by Gasteiger charge is -2.28. The van der Waals surface area contributed by atoms with Crippen LogP contribution in [-0.4, -0.2) is 40.9 Å². The number of carbonyl (C=O) groups is 3. The maximum absolute atomic E-state index is 12.8. The molecule has 25 heavy (non-hydrogen) atoms. The molecule has 0 aromatic heterocycles. The molecule has 0 aliphatic carbocycles. The van der Waals surface area contributed by atoms with Crippen LogP contribution in [0.1, 0.15) is 41.0 Å². The molecular weight excluding hydrogens is 318 g/mol. The van der Waals surface area contributed by atoms with Crippen molar-refractivity contribution in [3.63, 3.8) is 0 Å². The molecule has 6 heteroatoms. The van der Waals surface area contributed by atoms with E-state index in [2.05, 4.69) is 5.32 Å². The molecule has 1 unspecified atom stereocenters. The second kappa shape index (κ2) is 7.25. The summed E-state index contributed by atoms with van der Waals surface area (Å²) in [7, 11) is 0. The molecule has 136 valence electrons. The molecule has 2 rings (SSSR count). The Morgan fingerprint density at radius 3 is 2.28 bits per heavy atom. The molecule has 1 atom stereocenters. The maximum Gasteiger partial charge on any atom is 0.325 e. The third kappa shape index (κ3) is 4.00. The number of benzene rings is 1. The van der Waals surface area contributed by atoms with E-state index in [-0.39, 0.29) is 30.3 Å². The lowest BCUT2D eigenvalue weighted by Crippen LogP contribution is -2.47. The number of amides is 4. The summed E-state index contributed by atoms with van der Waals surface area (Å²) in [6, 6.07) is 8.67. The van der Waals surface area contributed by atoms with Gasteiger partial charge in [0.1, 0.15) is 12.1 Å². The Kier molecular flexibility index (Phi) is 5.50. The first kappa shape index (κ1) is 19.0. The molecule has 1 saturated heterocycles. The normalized spacial score (nSPS) is 20.4. The van der Waals surface area contributed by atoms with Gasteiger partial charge < -0.3 is 10.2 Å². The highest BCUT2D eigenvalue weighted by molar-refractivity contribution is 6.10. The highest BCUT2D eigenvalue weighted by atomic mass is 16.2. The molecular formula is C19H27N3O3. The molecule has 6 nitrogen and oxygen atoms in total. The summed E-state index contributed by atoms with van der Waals surface area (Å²) in [5, 5.41) is 2.74. The minimum atomic E-state index is -0.944. The number of nitrogens with zero attached hydrogens (tertiary/aromatic N) is 2. The fourth-order valence-corrected chi connectivity index (χ4v) is 3.38. The van der Waals surface area contributed by atoms with Crippen molar-refractivity contribution in [2.24, 2.45) is 5.92 Å². The zero-order valence-corrected chi connectivity index (χ0v) is 15.6. The van der Waals surface area contributed by atoms with Gasteiger partial charge in [-0.1, -0.05) is 32.0 Å². The first-order valence-electron chi connectivity index (χ1n) is 8.67. The largest absolute Gasteiger partial charge is 0.325 e. The van der Waals surface area contributed by atoms with E-state index in [1.807, 2.05) is 58.0 Å². The van der Waals surface area contributed by atoms with E-state index in [9.17, 15) is 14.4 Å². The van der Waals surface area contributed by atoms with Crippen molar-refractivity contribution in [1.82, 2.24) is 10.2 Å². The molecule has 1 aliphatic heterocycles. The Labute approximate surface area is 149 Å². The molecule has 0 saturated carbocycles. The van der Waals surface area contributed by atoms with Crippen molar-refractivity contribution in [3.8, 4) is 0 Å². The summed E-state index contributed by atoms with van der Waals surface area (Å²) in [6.45, 7) is 9.25. The van der Waals surface area contributed by atoms with Gasteiger partial charge >= 0.3 is 6.03 Å². The molecule has 1 fully saturated rings. The SMILES string of the molecule is CC(C)CC1(C)NC(=O)N(CC(=O)N(c2ccccc2)C(C)C)C1=O.